The lowest BCUT2D eigenvalue weighted by Gasteiger charge is -2.22. The van der Waals surface area contributed by atoms with E-state index in [1.165, 1.54) is 0 Å². The van der Waals surface area contributed by atoms with Crippen LogP contribution in [-0.4, -0.2) is 27.8 Å². The normalized spacial score (nSPS) is 10.4. The summed E-state index contributed by atoms with van der Waals surface area (Å²) in [6, 6.07) is 9.61. The first kappa shape index (κ1) is 14.0. The average Bonchev–Trinajstić information content (AvgIpc) is 2.92. The zero-order chi connectivity index (χ0) is 14.4. The van der Waals surface area contributed by atoms with Crippen LogP contribution < -0.4 is 4.90 Å². The summed E-state index contributed by atoms with van der Waals surface area (Å²) in [5.74, 6) is 0.329. The number of carboxylic acid groups (broad SMARTS) is 1. The van der Waals surface area contributed by atoms with Gasteiger partial charge in [0.2, 0.25) is 5.89 Å². The van der Waals surface area contributed by atoms with Crippen LogP contribution in [0.2, 0.25) is 0 Å². The van der Waals surface area contributed by atoms with Crippen LogP contribution in [0.1, 0.15) is 25.1 Å². The fourth-order valence-corrected chi connectivity index (χ4v) is 1.84. The summed E-state index contributed by atoms with van der Waals surface area (Å²) in [6.45, 7) is 2.77. The Morgan fingerprint density at radius 2 is 2.10 bits per heavy atom. The van der Waals surface area contributed by atoms with E-state index in [4.69, 9.17) is 9.63 Å². The number of hydrogen-bond donors (Lipinski definition) is 1. The quantitative estimate of drug-likeness (QED) is 0.833. The number of hydrogen-bond acceptors (Lipinski definition) is 5. The number of anilines is 1. The summed E-state index contributed by atoms with van der Waals surface area (Å²) in [6.07, 6.45) is 0.751. The molecule has 1 aromatic heterocycles. The third kappa shape index (κ3) is 3.81. The van der Waals surface area contributed by atoms with Crippen LogP contribution in [0.15, 0.2) is 34.9 Å². The molecule has 106 valence electrons. The van der Waals surface area contributed by atoms with Crippen molar-refractivity contribution in [3.63, 3.8) is 0 Å². The minimum Gasteiger partial charge on any atom is -0.481 e. The Bertz CT molecular complexity index is 554. The Kier molecular flexibility index (Phi) is 4.70. The topological polar surface area (TPSA) is 79.5 Å². The minimum atomic E-state index is -0.826. The van der Waals surface area contributed by atoms with Gasteiger partial charge in [-0.05, 0) is 12.1 Å². The molecule has 0 aliphatic carbocycles. The lowest BCUT2D eigenvalue weighted by atomic mass is 10.2. The first-order valence-corrected chi connectivity index (χ1v) is 6.52. The van der Waals surface area contributed by atoms with Gasteiger partial charge in [0.1, 0.15) is 0 Å². The minimum absolute atomic E-state index is 0.0629. The molecule has 0 fully saturated rings. The van der Waals surface area contributed by atoms with E-state index in [9.17, 15) is 4.79 Å². The van der Waals surface area contributed by atoms with Gasteiger partial charge in [0, 0.05) is 18.7 Å². The molecule has 0 unspecified atom stereocenters. The molecule has 2 rings (SSSR count). The van der Waals surface area contributed by atoms with Gasteiger partial charge in [-0.25, -0.2) is 0 Å². The molecule has 0 aliphatic rings. The van der Waals surface area contributed by atoms with Crippen molar-refractivity contribution in [1.29, 1.82) is 0 Å². The highest BCUT2D eigenvalue weighted by Crippen LogP contribution is 2.16. The van der Waals surface area contributed by atoms with Crippen molar-refractivity contribution in [3.05, 3.63) is 42.0 Å². The van der Waals surface area contributed by atoms with Crippen molar-refractivity contribution in [2.24, 2.45) is 0 Å². The van der Waals surface area contributed by atoms with Gasteiger partial charge < -0.3 is 14.5 Å². The molecule has 0 saturated carbocycles. The van der Waals surface area contributed by atoms with Crippen molar-refractivity contribution in [2.45, 2.75) is 26.3 Å². The third-order valence-corrected chi connectivity index (χ3v) is 2.86. The molecule has 20 heavy (non-hydrogen) atoms. The zero-order valence-electron chi connectivity index (χ0n) is 11.3. The molecule has 6 nitrogen and oxygen atoms in total. The van der Waals surface area contributed by atoms with Gasteiger partial charge in [-0.1, -0.05) is 30.3 Å². The molecule has 1 N–H and O–H groups in total. The van der Waals surface area contributed by atoms with Gasteiger partial charge >= 0.3 is 5.97 Å². The van der Waals surface area contributed by atoms with E-state index in [2.05, 4.69) is 10.1 Å². The van der Waals surface area contributed by atoms with Gasteiger partial charge in [0.15, 0.2) is 5.82 Å². The van der Waals surface area contributed by atoms with Crippen molar-refractivity contribution in [2.75, 3.05) is 11.4 Å². The Morgan fingerprint density at radius 3 is 2.70 bits per heavy atom. The fourth-order valence-electron chi connectivity index (χ4n) is 1.84. The van der Waals surface area contributed by atoms with Crippen LogP contribution in [0, 0.1) is 0 Å². The molecule has 0 atom stereocenters. The molecular formula is C14H17N3O3. The summed E-state index contributed by atoms with van der Waals surface area (Å²) in [5, 5.41) is 12.7. The second-order valence-electron chi connectivity index (χ2n) is 4.36. The van der Waals surface area contributed by atoms with Gasteiger partial charge in [0.05, 0.1) is 13.0 Å². The average molecular weight is 275 g/mol. The molecule has 1 heterocycles. The highest BCUT2D eigenvalue weighted by molar-refractivity contribution is 5.67. The predicted octanol–water partition coefficient (Wildman–Crippen LogP) is 2.11. The van der Waals surface area contributed by atoms with Crippen LogP contribution in [0.25, 0.3) is 0 Å². The maximum absolute atomic E-state index is 10.8. The summed E-state index contributed by atoms with van der Waals surface area (Å²) < 4.78 is 5.07. The van der Waals surface area contributed by atoms with Gasteiger partial charge in [-0.2, -0.15) is 4.98 Å². The number of aliphatic carboxylic acids is 1. The highest BCUT2D eigenvalue weighted by atomic mass is 16.5. The van der Waals surface area contributed by atoms with Crippen LogP contribution in [0.3, 0.4) is 0 Å². The first-order chi connectivity index (χ1) is 9.69. The van der Waals surface area contributed by atoms with Crippen LogP contribution in [0.4, 0.5) is 5.69 Å². The van der Waals surface area contributed by atoms with Crippen LogP contribution >= 0.6 is 0 Å². The van der Waals surface area contributed by atoms with E-state index in [1.54, 1.807) is 0 Å². The second kappa shape index (κ2) is 6.70. The third-order valence-electron chi connectivity index (χ3n) is 2.86. The number of aryl methyl sites for hydroxylation is 1. The summed E-state index contributed by atoms with van der Waals surface area (Å²) in [7, 11) is 0. The van der Waals surface area contributed by atoms with Gasteiger partial charge in [-0.3, -0.25) is 4.79 Å². The van der Waals surface area contributed by atoms with Crippen LogP contribution in [-0.2, 0) is 17.8 Å². The smallest absolute Gasteiger partial charge is 0.305 e. The molecule has 2 aromatic rings. The summed E-state index contributed by atoms with van der Waals surface area (Å²) in [4.78, 5) is 16.9. The molecule has 0 radical (unpaired) electrons. The number of carboxylic acids is 1. The fraction of sp³-hybridized carbons (Fsp3) is 0.357. The maximum atomic E-state index is 10.8. The highest BCUT2D eigenvalue weighted by Gasteiger charge is 2.13. The maximum Gasteiger partial charge on any atom is 0.305 e. The Balaban J connectivity index is 2.11. The van der Waals surface area contributed by atoms with E-state index in [-0.39, 0.29) is 6.42 Å². The largest absolute Gasteiger partial charge is 0.481 e. The van der Waals surface area contributed by atoms with E-state index in [1.807, 2.05) is 42.2 Å². The SMILES string of the molecule is CCc1nc(CN(CCC(=O)O)c2ccccc2)no1. The Labute approximate surface area is 117 Å². The number of rotatable bonds is 7. The summed E-state index contributed by atoms with van der Waals surface area (Å²) in [5.41, 5.74) is 0.941. The van der Waals surface area contributed by atoms with E-state index < -0.39 is 5.97 Å². The second-order valence-corrected chi connectivity index (χ2v) is 4.36. The predicted molar refractivity (Wildman–Crippen MR) is 73.4 cm³/mol. The molecule has 0 bridgehead atoms. The number of carbonyl (C=O) groups is 1. The van der Waals surface area contributed by atoms with Crippen LogP contribution in [0.5, 0.6) is 0 Å². The van der Waals surface area contributed by atoms with Crippen molar-refractivity contribution >= 4 is 11.7 Å². The van der Waals surface area contributed by atoms with Crippen molar-refractivity contribution < 1.29 is 14.4 Å². The van der Waals surface area contributed by atoms with Crippen molar-refractivity contribution in [3.8, 4) is 0 Å². The first-order valence-electron chi connectivity index (χ1n) is 6.52. The lowest BCUT2D eigenvalue weighted by Crippen LogP contribution is -2.26. The molecular weight excluding hydrogens is 258 g/mol. The van der Waals surface area contributed by atoms with E-state index in [0.717, 1.165) is 5.69 Å². The molecule has 0 aliphatic heterocycles. The zero-order valence-corrected chi connectivity index (χ0v) is 11.3. The monoisotopic (exact) mass is 275 g/mol. The van der Waals surface area contributed by atoms with Gasteiger partial charge in [0.25, 0.3) is 0 Å². The Morgan fingerprint density at radius 1 is 1.35 bits per heavy atom. The number of aromatic nitrogens is 2. The van der Waals surface area contributed by atoms with E-state index in [0.29, 0.717) is 31.2 Å². The van der Waals surface area contributed by atoms with E-state index >= 15 is 0 Å². The number of para-hydroxylation sites is 1. The number of benzene rings is 1. The lowest BCUT2D eigenvalue weighted by molar-refractivity contribution is -0.136. The standard InChI is InChI=1S/C14H17N3O3/c1-2-13-15-12(16-20-13)10-17(9-8-14(18)19)11-6-4-3-5-7-11/h3-7H,2,8-10H2,1H3,(H,18,19). The van der Waals surface area contributed by atoms with Gasteiger partial charge in [-0.15, -0.1) is 0 Å². The molecule has 1 aromatic carbocycles. The molecule has 0 spiro atoms. The van der Waals surface area contributed by atoms with Crippen molar-refractivity contribution in [1.82, 2.24) is 10.1 Å². The Hall–Kier alpha value is -2.37. The summed E-state index contributed by atoms with van der Waals surface area (Å²) >= 11 is 0. The molecule has 6 heteroatoms. The molecule has 0 amide bonds. The number of nitrogens with zero attached hydrogens (tertiary/aromatic N) is 3. The molecule has 0 saturated heterocycles.